The average molecular weight is 389 g/mol. The van der Waals surface area contributed by atoms with Gasteiger partial charge in [0.25, 0.3) is 17.5 Å². The Hall–Kier alpha value is -3.69. The van der Waals surface area contributed by atoms with Crippen LogP contribution >= 0.6 is 0 Å². The smallest absolute Gasteiger partial charge is 0.272 e. The van der Waals surface area contributed by atoms with Crippen LogP contribution in [-0.2, 0) is 9.59 Å². The van der Waals surface area contributed by atoms with Crippen molar-refractivity contribution in [3.8, 4) is 11.5 Å². The summed E-state index contributed by atoms with van der Waals surface area (Å²) in [4.78, 5) is 35.9. The molecule has 9 nitrogen and oxygen atoms in total. The minimum atomic E-state index is -0.951. The van der Waals surface area contributed by atoms with Gasteiger partial charge < -0.3 is 19.7 Å². The molecular formula is C18H16FN3O6. The van der Waals surface area contributed by atoms with E-state index in [4.69, 9.17) is 9.47 Å². The third kappa shape index (κ3) is 3.85. The number of nitrogens with zero attached hydrogens (tertiary/aromatic N) is 2. The fourth-order valence-electron chi connectivity index (χ4n) is 2.71. The van der Waals surface area contributed by atoms with E-state index >= 15 is 0 Å². The number of nitro benzene ring substituents is 1. The predicted molar refractivity (Wildman–Crippen MR) is 95.8 cm³/mol. The topological polar surface area (TPSA) is 111 Å². The molecule has 1 atom stereocenters. The van der Waals surface area contributed by atoms with E-state index < -0.39 is 41.0 Å². The summed E-state index contributed by atoms with van der Waals surface area (Å²) in [5.74, 6) is -1.80. The first-order valence-corrected chi connectivity index (χ1v) is 8.25. The van der Waals surface area contributed by atoms with Gasteiger partial charge in [0.05, 0.1) is 23.2 Å². The number of halogens is 1. The fourth-order valence-corrected chi connectivity index (χ4v) is 2.71. The molecule has 1 aliphatic heterocycles. The van der Waals surface area contributed by atoms with Gasteiger partial charge in [-0.2, -0.15) is 0 Å². The lowest BCUT2D eigenvalue weighted by molar-refractivity contribution is -0.385. The van der Waals surface area contributed by atoms with Gasteiger partial charge in [0.15, 0.2) is 24.3 Å². The number of anilines is 1. The predicted octanol–water partition coefficient (Wildman–Crippen LogP) is 1.65. The van der Waals surface area contributed by atoms with Gasteiger partial charge in [0, 0.05) is 13.1 Å². The molecule has 0 fully saturated rings. The maximum atomic E-state index is 13.9. The Morgan fingerprint density at radius 1 is 1.36 bits per heavy atom. The Balaban J connectivity index is 1.76. The number of likely N-dealkylation sites (N-methyl/N-ethyl adjacent to an activating group) is 1. The highest BCUT2D eigenvalue weighted by atomic mass is 19.1. The first-order chi connectivity index (χ1) is 13.4. The molecule has 1 heterocycles. The number of benzene rings is 2. The standard InChI is InChI=1S/C18H16FN3O6/c1-20-18(24)16-9-21(13-4-2-3-5-15(13)28-16)17(23)10-27-14-7-6-11(22(25)26)8-12(14)19/h2-8,16H,9-10H2,1H3,(H,20,24). The van der Waals surface area contributed by atoms with Crippen LogP contribution in [0, 0.1) is 15.9 Å². The highest BCUT2D eigenvalue weighted by Gasteiger charge is 2.33. The van der Waals surface area contributed by atoms with Gasteiger partial charge in [-0.15, -0.1) is 0 Å². The van der Waals surface area contributed by atoms with Gasteiger partial charge >= 0.3 is 0 Å². The van der Waals surface area contributed by atoms with Crippen LogP contribution in [0.5, 0.6) is 11.5 Å². The van der Waals surface area contributed by atoms with Crippen LogP contribution < -0.4 is 19.7 Å². The van der Waals surface area contributed by atoms with E-state index in [1.54, 1.807) is 24.3 Å². The van der Waals surface area contributed by atoms with Gasteiger partial charge in [-0.05, 0) is 18.2 Å². The average Bonchev–Trinajstić information content (AvgIpc) is 2.70. The second kappa shape index (κ2) is 7.91. The van der Waals surface area contributed by atoms with E-state index in [1.165, 1.54) is 11.9 Å². The fraction of sp³-hybridized carbons (Fsp3) is 0.222. The molecule has 2 aromatic rings. The highest BCUT2D eigenvalue weighted by Crippen LogP contribution is 2.33. The maximum absolute atomic E-state index is 13.9. The molecule has 0 aromatic heterocycles. The zero-order chi connectivity index (χ0) is 20.3. The van der Waals surface area contributed by atoms with Crippen molar-refractivity contribution in [2.24, 2.45) is 0 Å². The molecule has 28 heavy (non-hydrogen) atoms. The first kappa shape index (κ1) is 19.1. The third-order valence-corrected chi connectivity index (χ3v) is 4.09. The summed E-state index contributed by atoms with van der Waals surface area (Å²) >= 11 is 0. The number of non-ortho nitro benzene ring substituents is 1. The van der Waals surface area contributed by atoms with Crippen molar-refractivity contribution >= 4 is 23.2 Å². The van der Waals surface area contributed by atoms with E-state index in [2.05, 4.69) is 5.32 Å². The van der Waals surface area contributed by atoms with Crippen LogP contribution in [0.25, 0.3) is 0 Å². The van der Waals surface area contributed by atoms with Crippen molar-refractivity contribution in [1.82, 2.24) is 5.32 Å². The number of rotatable bonds is 5. The molecule has 1 unspecified atom stereocenters. The Labute approximate surface area is 158 Å². The number of fused-ring (bicyclic) bond motifs is 1. The molecule has 0 saturated heterocycles. The summed E-state index contributed by atoms with van der Waals surface area (Å²) in [6, 6.07) is 9.57. The zero-order valence-corrected chi connectivity index (χ0v) is 14.8. The Kier molecular flexibility index (Phi) is 5.39. The van der Waals surface area contributed by atoms with Gasteiger partial charge in [0.2, 0.25) is 0 Å². The number of para-hydroxylation sites is 2. The normalized spacial score (nSPS) is 15.2. The van der Waals surface area contributed by atoms with Crippen molar-refractivity contribution < 1.29 is 28.4 Å². The van der Waals surface area contributed by atoms with Gasteiger partial charge in [-0.1, -0.05) is 12.1 Å². The molecule has 0 radical (unpaired) electrons. The van der Waals surface area contributed by atoms with Crippen molar-refractivity contribution in [2.45, 2.75) is 6.10 Å². The molecule has 3 rings (SSSR count). The molecule has 1 aliphatic rings. The lowest BCUT2D eigenvalue weighted by Gasteiger charge is -2.33. The van der Waals surface area contributed by atoms with E-state index in [1.807, 2.05) is 0 Å². The molecule has 1 N–H and O–H groups in total. The van der Waals surface area contributed by atoms with Crippen LogP contribution in [0.2, 0.25) is 0 Å². The summed E-state index contributed by atoms with van der Waals surface area (Å²) < 4.78 is 24.7. The summed E-state index contributed by atoms with van der Waals surface area (Å²) in [6.07, 6.45) is -0.903. The largest absolute Gasteiger partial charge is 0.481 e. The van der Waals surface area contributed by atoms with Crippen molar-refractivity contribution in [3.05, 3.63) is 58.4 Å². The molecule has 2 aromatic carbocycles. The Morgan fingerprint density at radius 2 is 2.11 bits per heavy atom. The van der Waals surface area contributed by atoms with E-state index in [9.17, 15) is 24.1 Å². The number of nitrogens with one attached hydrogen (secondary N) is 1. The minimum absolute atomic E-state index is 0.0401. The number of ether oxygens (including phenoxy) is 2. The zero-order valence-electron chi connectivity index (χ0n) is 14.8. The summed E-state index contributed by atoms with van der Waals surface area (Å²) in [6.45, 7) is -0.564. The number of hydrogen-bond donors (Lipinski definition) is 1. The number of amides is 2. The van der Waals surface area contributed by atoms with Gasteiger partial charge in [-0.25, -0.2) is 4.39 Å². The number of carbonyl (C=O) groups excluding carboxylic acids is 2. The van der Waals surface area contributed by atoms with Gasteiger partial charge in [-0.3, -0.25) is 19.7 Å². The second-order valence-electron chi connectivity index (χ2n) is 5.85. The second-order valence-corrected chi connectivity index (χ2v) is 5.85. The van der Waals surface area contributed by atoms with Crippen LogP contribution in [-0.4, -0.2) is 43.0 Å². The van der Waals surface area contributed by atoms with Crippen LogP contribution in [0.4, 0.5) is 15.8 Å². The lowest BCUT2D eigenvalue weighted by atomic mass is 10.1. The van der Waals surface area contributed by atoms with E-state index in [0.717, 1.165) is 12.1 Å². The summed E-state index contributed by atoms with van der Waals surface area (Å²) in [5.41, 5.74) is 0.0344. The number of carbonyl (C=O) groups is 2. The maximum Gasteiger partial charge on any atom is 0.272 e. The molecule has 0 spiro atoms. The molecule has 146 valence electrons. The van der Waals surface area contributed by atoms with Crippen LogP contribution in [0.3, 0.4) is 0 Å². The molecule has 0 bridgehead atoms. The molecular weight excluding hydrogens is 373 g/mol. The molecule has 2 amide bonds. The van der Waals surface area contributed by atoms with Crippen molar-refractivity contribution in [2.75, 3.05) is 25.1 Å². The Bertz CT molecular complexity index is 935. The molecule has 10 heteroatoms. The molecule has 0 aliphatic carbocycles. The lowest BCUT2D eigenvalue weighted by Crippen LogP contribution is -2.51. The number of nitro groups is 1. The Morgan fingerprint density at radius 3 is 2.79 bits per heavy atom. The third-order valence-electron chi connectivity index (χ3n) is 4.09. The van der Waals surface area contributed by atoms with E-state index in [-0.39, 0.29) is 12.3 Å². The summed E-state index contributed by atoms with van der Waals surface area (Å²) in [5, 5.41) is 13.1. The quantitative estimate of drug-likeness (QED) is 0.615. The number of hydrogen-bond acceptors (Lipinski definition) is 6. The molecule has 0 saturated carbocycles. The van der Waals surface area contributed by atoms with E-state index in [0.29, 0.717) is 17.5 Å². The monoisotopic (exact) mass is 389 g/mol. The highest BCUT2D eigenvalue weighted by molar-refractivity contribution is 5.98. The van der Waals surface area contributed by atoms with Crippen molar-refractivity contribution in [3.63, 3.8) is 0 Å². The SMILES string of the molecule is CNC(=O)C1CN(C(=O)COc2ccc([N+](=O)[O-])cc2F)c2ccccc2O1. The van der Waals surface area contributed by atoms with Crippen LogP contribution in [0.1, 0.15) is 0 Å². The summed E-state index contributed by atoms with van der Waals surface area (Å²) in [7, 11) is 1.46. The minimum Gasteiger partial charge on any atom is -0.481 e. The van der Waals surface area contributed by atoms with Crippen molar-refractivity contribution in [1.29, 1.82) is 0 Å². The van der Waals surface area contributed by atoms with Crippen LogP contribution in [0.15, 0.2) is 42.5 Å². The van der Waals surface area contributed by atoms with Gasteiger partial charge in [0.1, 0.15) is 5.75 Å². The first-order valence-electron chi connectivity index (χ1n) is 8.25.